The molecule has 0 aliphatic rings. The molecule has 3 aromatic heterocycles. The van der Waals surface area contributed by atoms with Crippen LogP contribution in [-0.4, -0.2) is 15.0 Å². The molecule has 0 saturated heterocycles. The van der Waals surface area contributed by atoms with Crippen molar-refractivity contribution in [3.8, 4) is 56.4 Å². The van der Waals surface area contributed by atoms with Gasteiger partial charge in [-0.3, -0.25) is 0 Å². The van der Waals surface area contributed by atoms with Crippen LogP contribution in [0.15, 0.2) is 180 Å². The van der Waals surface area contributed by atoms with E-state index in [1.165, 1.54) is 36.7 Å². The highest BCUT2D eigenvalue weighted by Gasteiger charge is 2.19. The second kappa shape index (κ2) is 12.3. The molecule has 0 atom stereocenters. The van der Waals surface area contributed by atoms with Crippen LogP contribution in [0, 0.1) is 0 Å². The number of aromatic nitrogens is 3. The van der Waals surface area contributed by atoms with Crippen LogP contribution in [0.3, 0.4) is 0 Å². The van der Waals surface area contributed by atoms with E-state index in [-0.39, 0.29) is 0 Å². The van der Waals surface area contributed by atoms with Gasteiger partial charge >= 0.3 is 0 Å². The first-order valence-corrected chi connectivity index (χ1v) is 18.8. The van der Waals surface area contributed by atoms with Crippen molar-refractivity contribution in [2.75, 3.05) is 0 Å². The molecule has 0 saturated carbocycles. The van der Waals surface area contributed by atoms with Gasteiger partial charge in [0.2, 0.25) is 0 Å². The van der Waals surface area contributed by atoms with Crippen molar-refractivity contribution in [2.24, 2.45) is 0 Å². The van der Waals surface area contributed by atoms with Gasteiger partial charge in [0.1, 0.15) is 11.2 Å². The lowest BCUT2D eigenvalue weighted by Gasteiger charge is -2.10. The molecule has 5 heteroatoms. The Morgan fingerprint density at radius 2 is 1.02 bits per heavy atom. The average molecular weight is 708 g/mol. The van der Waals surface area contributed by atoms with E-state index < -0.39 is 0 Å². The third kappa shape index (κ3) is 5.09. The van der Waals surface area contributed by atoms with Gasteiger partial charge in [0.05, 0.1) is 0 Å². The van der Waals surface area contributed by atoms with Gasteiger partial charge in [-0.2, -0.15) is 0 Å². The zero-order chi connectivity index (χ0) is 35.6. The molecule has 0 amide bonds. The zero-order valence-electron chi connectivity index (χ0n) is 28.9. The molecule has 0 bridgehead atoms. The summed E-state index contributed by atoms with van der Waals surface area (Å²) in [6.45, 7) is 0. The molecule has 0 radical (unpaired) electrons. The highest BCUT2D eigenvalue weighted by molar-refractivity contribution is 7.26. The van der Waals surface area contributed by atoms with Gasteiger partial charge in [-0.1, -0.05) is 146 Å². The van der Waals surface area contributed by atoms with Gasteiger partial charge in [-0.05, 0) is 63.4 Å². The van der Waals surface area contributed by atoms with Gasteiger partial charge in [0.25, 0.3) is 0 Å². The third-order valence-electron chi connectivity index (χ3n) is 10.3. The smallest absolute Gasteiger partial charge is 0.164 e. The minimum Gasteiger partial charge on any atom is -0.456 e. The van der Waals surface area contributed by atoms with Gasteiger partial charge in [0.15, 0.2) is 17.5 Å². The molecule has 0 unspecified atom stereocenters. The first kappa shape index (κ1) is 30.7. The molecule has 4 nitrogen and oxygen atoms in total. The Morgan fingerprint density at radius 3 is 1.91 bits per heavy atom. The van der Waals surface area contributed by atoms with E-state index in [1.807, 2.05) is 29.5 Å². The fourth-order valence-electron chi connectivity index (χ4n) is 7.68. The minimum atomic E-state index is 0.598. The fourth-order valence-corrected chi connectivity index (χ4v) is 8.92. The maximum absolute atomic E-state index is 6.51. The Bertz CT molecular complexity index is 3220. The SMILES string of the molecule is c1ccc(-c2ccc(-c3nc(-c4ccc5ccccc5c4)nc(-c4cccc5oc6ccc(-c7cccc8c7sc7ccccc78)cc6c45)n3)cc2)cc1. The first-order chi connectivity index (χ1) is 26.7. The topological polar surface area (TPSA) is 51.8 Å². The molecule has 0 aliphatic heterocycles. The van der Waals surface area contributed by atoms with E-state index in [4.69, 9.17) is 19.4 Å². The number of thiophene rings is 1. The van der Waals surface area contributed by atoms with Crippen LogP contribution in [-0.2, 0) is 0 Å². The van der Waals surface area contributed by atoms with Gasteiger partial charge in [0, 0.05) is 47.6 Å². The monoisotopic (exact) mass is 707 g/mol. The van der Waals surface area contributed by atoms with E-state index >= 15 is 0 Å². The van der Waals surface area contributed by atoms with Crippen LogP contribution in [0.4, 0.5) is 0 Å². The number of benzene rings is 8. The Kier molecular flexibility index (Phi) is 7.00. The Labute approximate surface area is 314 Å². The first-order valence-electron chi connectivity index (χ1n) is 18.0. The van der Waals surface area contributed by atoms with Crippen LogP contribution in [0.2, 0.25) is 0 Å². The van der Waals surface area contributed by atoms with Crippen LogP contribution in [0.1, 0.15) is 0 Å². The molecule has 0 fully saturated rings. The van der Waals surface area contributed by atoms with E-state index in [0.717, 1.165) is 55.1 Å². The summed E-state index contributed by atoms with van der Waals surface area (Å²) in [6, 6.07) is 61.5. The summed E-state index contributed by atoms with van der Waals surface area (Å²) in [5.74, 6) is 1.83. The maximum Gasteiger partial charge on any atom is 0.164 e. The quantitative estimate of drug-likeness (QED) is 0.179. The summed E-state index contributed by atoms with van der Waals surface area (Å²) in [5.41, 5.74) is 9.03. The Morgan fingerprint density at radius 1 is 0.370 bits per heavy atom. The van der Waals surface area contributed by atoms with E-state index in [2.05, 4.69) is 158 Å². The van der Waals surface area contributed by atoms with Crippen molar-refractivity contribution in [3.63, 3.8) is 0 Å². The van der Waals surface area contributed by atoms with Crippen LogP contribution >= 0.6 is 11.3 Å². The van der Waals surface area contributed by atoms with Crippen LogP contribution < -0.4 is 0 Å². The number of furan rings is 1. The molecular weight excluding hydrogens is 679 g/mol. The summed E-state index contributed by atoms with van der Waals surface area (Å²) >= 11 is 1.84. The number of fused-ring (bicyclic) bond motifs is 7. The molecule has 0 aliphatic carbocycles. The third-order valence-corrected chi connectivity index (χ3v) is 11.6. The molecule has 11 rings (SSSR count). The maximum atomic E-state index is 6.51. The molecule has 0 spiro atoms. The number of rotatable bonds is 5. The molecule has 54 heavy (non-hydrogen) atoms. The Balaban J connectivity index is 1.11. The van der Waals surface area contributed by atoms with Crippen molar-refractivity contribution >= 4 is 64.2 Å². The number of nitrogens with zero attached hydrogens (tertiary/aromatic N) is 3. The van der Waals surface area contributed by atoms with Crippen LogP contribution in [0.25, 0.3) is 109 Å². The molecule has 0 N–H and O–H groups in total. The van der Waals surface area contributed by atoms with Crippen molar-refractivity contribution < 1.29 is 4.42 Å². The predicted octanol–water partition coefficient (Wildman–Crippen LogP) is 13.6. The van der Waals surface area contributed by atoms with Crippen molar-refractivity contribution in [1.82, 2.24) is 15.0 Å². The molecule has 252 valence electrons. The van der Waals surface area contributed by atoms with E-state index in [0.29, 0.717) is 17.5 Å². The lowest BCUT2D eigenvalue weighted by atomic mass is 9.99. The molecule has 11 aromatic rings. The summed E-state index contributed by atoms with van der Waals surface area (Å²) in [5, 5.41) is 6.89. The van der Waals surface area contributed by atoms with Gasteiger partial charge in [-0.15, -0.1) is 11.3 Å². The lowest BCUT2D eigenvalue weighted by molar-refractivity contribution is 0.669. The second-order valence-electron chi connectivity index (χ2n) is 13.6. The largest absolute Gasteiger partial charge is 0.456 e. The average Bonchev–Trinajstić information content (AvgIpc) is 3.82. The predicted molar refractivity (Wildman–Crippen MR) is 225 cm³/mol. The molecule has 3 heterocycles. The van der Waals surface area contributed by atoms with Gasteiger partial charge in [-0.25, -0.2) is 15.0 Å². The number of hydrogen-bond donors (Lipinski definition) is 0. The van der Waals surface area contributed by atoms with E-state index in [1.54, 1.807) is 0 Å². The van der Waals surface area contributed by atoms with Crippen LogP contribution in [0.5, 0.6) is 0 Å². The normalized spacial score (nSPS) is 11.7. The summed E-state index contributed by atoms with van der Waals surface area (Å²) in [4.78, 5) is 15.5. The highest BCUT2D eigenvalue weighted by Crippen LogP contribution is 2.43. The summed E-state index contributed by atoms with van der Waals surface area (Å²) in [7, 11) is 0. The molecule has 8 aromatic carbocycles. The van der Waals surface area contributed by atoms with Crippen molar-refractivity contribution in [1.29, 1.82) is 0 Å². The molecular formula is C49H29N3OS. The lowest BCUT2D eigenvalue weighted by Crippen LogP contribution is -2.00. The van der Waals surface area contributed by atoms with Crippen molar-refractivity contribution in [2.45, 2.75) is 0 Å². The van der Waals surface area contributed by atoms with Gasteiger partial charge < -0.3 is 4.42 Å². The minimum absolute atomic E-state index is 0.598. The fraction of sp³-hybridized carbons (Fsp3) is 0. The van der Waals surface area contributed by atoms with E-state index in [9.17, 15) is 0 Å². The second-order valence-corrected chi connectivity index (χ2v) is 14.6. The summed E-state index contributed by atoms with van der Waals surface area (Å²) in [6.07, 6.45) is 0. The summed E-state index contributed by atoms with van der Waals surface area (Å²) < 4.78 is 9.08. The zero-order valence-corrected chi connectivity index (χ0v) is 29.7. The highest BCUT2D eigenvalue weighted by atomic mass is 32.1. The Hall–Kier alpha value is -6.95. The standard InChI is InChI=1S/C49H29N3OS/c1-2-10-30(11-3-1)32-20-23-33(24-21-32)47-50-48(36-25-22-31-12-4-5-13-34(31)28-36)52-49(51-47)40-17-9-18-43-45(40)41-29-35(26-27-42(41)53-43)37-15-8-16-39-38-14-6-7-19-44(38)54-46(37)39/h1-29H. The van der Waals surface area contributed by atoms with Crippen molar-refractivity contribution in [3.05, 3.63) is 176 Å². The number of hydrogen-bond acceptors (Lipinski definition) is 5.